The van der Waals surface area contributed by atoms with Crippen molar-refractivity contribution in [2.45, 2.75) is 41.2 Å². The average Bonchev–Trinajstić information content (AvgIpc) is 2.88. The predicted octanol–water partition coefficient (Wildman–Crippen LogP) is 4.47. The van der Waals surface area contributed by atoms with Crippen LogP contribution in [0.5, 0.6) is 5.75 Å². The Morgan fingerprint density at radius 1 is 1.07 bits per heavy atom. The molecule has 0 aliphatic carbocycles. The zero-order valence-corrected chi connectivity index (χ0v) is 16.5. The molecule has 27 heavy (non-hydrogen) atoms. The lowest BCUT2D eigenvalue weighted by Gasteiger charge is -2.10. The van der Waals surface area contributed by atoms with Crippen LogP contribution in [0, 0.1) is 19.8 Å². The molecule has 0 atom stereocenters. The van der Waals surface area contributed by atoms with Gasteiger partial charge in [0.2, 0.25) is 5.78 Å². The van der Waals surface area contributed by atoms with Crippen LogP contribution in [0.1, 0.15) is 31.9 Å². The molecule has 0 amide bonds. The molecule has 0 spiro atoms. The minimum atomic E-state index is -0.0335. The van der Waals surface area contributed by atoms with E-state index in [4.69, 9.17) is 9.72 Å². The van der Waals surface area contributed by atoms with Crippen LogP contribution in [0.2, 0.25) is 0 Å². The van der Waals surface area contributed by atoms with Crippen molar-refractivity contribution in [3.63, 3.8) is 0 Å². The summed E-state index contributed by atoms with van der Waals surface area (Å²) >= 11 is 0. The molecule has 2 heterocycles. The normalized spacial score (nSPS) is 11.9. The number of nitrogens with zero attached hydrogens (tertiary/aromatic N) is 3. The SMILES string of the molecule is CCOc1ccc2c(=O)n3c4cc(C)c(C)cc4n(CC(C)C)c3nc2c1. The molecule has 5 heteroatoms. The van der Waals surface area contributed by atoms with Crippen molar-refractivity contribution < 1.29 is 4.74 Å². The molecule has 0 saturated carbocycles. The van der Waals surface area contributed by atoms with Gasteiger partial charge in [-0.15, -0.1) is 0 Å². The van der Waals surface area contributed by atoms with Gasteiger partial charge in [0.15, 0.2) is 0 Å². The third-order valence-electron chi connectivity index (χ3n) is 5.05. The van der Waals surface area contributed by atoms with E-state index in [1.165, 1.54) is 11.1 Å². The van der Waals surface area contributed by atoms with Gasteiger partial charge in [-0.1, -0.05) is 13.8 Å². The number of ether oxygens (including phenoxy) is 1. The second-order valence-electron chi connectivity index (χ2n) is 7.59. The van der Waals surface area contributed by atoms with Gasteiger partial charge in [0.25, 0.3) is 5.56 Å². The number of hydrogen-bond acceptors (Lipinski definition) is 3. The number of hydrogen-bond donors (Lipinski definition) is 0. The minimum Gasteiger partial charge on any atom is -0.494 e. The predicted molar refractivity (Wildman–Crippen MR) is 110 cm³/mol. The Bertz CT molecular complexity index is 1230. The molecule has 0 aliphatic rings. The first-order valence-electron chi connectivity index (χ1n) is 9.49. The van der Waals surface area contributed by atoms with Crippen molar-refractivity contribution in [2.24, 2.45) is 5.92 Å². The van der Waals surface area contributed by atoms with Crippen molar-refractivity contribution in [3.8, 4) is 5.75 Å². The quantitative estimate of drug-likeness (QED) is 0.537. The van der Waals surface area contributed by atoms with Gasteiger partial charge in [-0.05, 0) is 62.1 Å². The van der Waals surface area contributed by atoms with Crippen LogP contribution in [-0.2, 0) is 6.54 Å². The van der Waals surface area contributed by atoms with Crippen LogP contribution in [0.3, 0.4) is 0 Å². The smallest absolute Gasteiger partial charge is 0.267 e. The molecule has 0 bridgehead atoms. The fraction of sp³-hybridized carbons (Fsp3) is 0.364. The van der Waals surface area contributed by atoms with Crippen LogP contribution < -0.4 is 10.3 Å². The number of imidazole rings is 1. The summed E-state index contributed by atoms with van der Waals surface area (Å²) in [5, 5.41) is 0.609. The lowest BCUT2D eigenvalue weighted by atomic mass is 10.1. The number of benzene rings is 2. The standard InChI is InChI=1S/C22H25N3O2/c1-6-27-16-7-8-17-18(11-16)23-22-24(12-13(2)3)19-9-14(4)15(5)10-20(19)25(22)21(17)26/h7-11,13H,6,12H2,1-5H3. The fourth-order valence-corrected chi connectivity index (χ4v) is 3.64. The van der Waals surface area contributed by atoms with E-state index in [1.807, 2.05) is 25.1 Å². The van der Waals surface area contributed by atoms with Gasteiger partial charge in [-0.3, -0.25) is 4.79 Å². The van der Waals surface area contributed by atoms with Crippen molar-refractivity contribution in [3.05, 3.63) is 51.8 Å². The lowest BCUT2D eigenvalue weighted by molar-refractivity contribution is 0.340. The summed E-state index contributed by atoms with van der Waals surface area (Å²) in [6, 6.07) is 9.77. The lowest BCUT2D eigenvalue weighted by Crippen LogP contribution is -2.16. The number of fused-ring (bicyclic) bond motifs is 4. The molecule has 0 aliphatic heterocycles. The van der Waals surface area contributed by atoms with Crippen LogP contribution in [0.4, 0.5) is 0 Å². The Balaban J connectivity index is 2.17. The maximum Gasteiger partial charge on any atom is 0.267 e. The number of aromatic nitrogens is 3. The highest BCUT2D eigenvalue weighted by atomic mass is 16.5. The van der Waals surface area contributed by atoms with Crippen LogP contribution >= 0.6 is 0 Å². The number of aryl methyl sites for hydroxylation is 2. The van der Waals surface area contributed by atoms with Crippen LogP contribution in [0.15, 0.2) is 35.1 Å². The highest BCUT2D eigenvalue weighted by Gasteiger charge is 2.17. The van der Waals surface area contributed by atoms with Crippen molar-refractivity contribution >= 4 is 27.7 Å². The largest absolute Gasteiger partial charge is 0.494 e. The maximum atomic E-state index is 13.3. The third kappa shape index (κ3) is 2.78. The molecule has 140 valence electrons. The molecule has 0 saturated heterocycles. The van der Waals surface area contributed by atoms with Gasteiger partial charge in [-0.25, -0.2) is 9.38 Å². The third-order valence-corrected chi connectivity index (χ3v) is 5.05. The van der Waals surface area contributed by atoms with Crippen molar-refractivity contribution in [1.29, 1.82) is 0 Å². The molecular weight excluding hydrogens is 338 g/mol. The van der Waals surface area contributed by atoms with E-state index in [2.05, 4.69) is 44.4 Å². The van der Waals surface area contributed by atoms with Crippen LogP contribution in [0.25, 0.3) is 27.7 Å². The van der Waals surface area contributed by atoms with E-state index in [1.54, 1.807) is 4.40 Å². The molecule has 0 unspecified atom stereocenters. The van der Waals surface area contributed by atoms with E-state index in [9.17, 15) is 4.79 Å². The molecule has 0 N–H and O–H groups in total. The minimum absolute atomic E-state index is 0.0335. The molecule has 0 radical (unpaired) electrons. The second-order valence-corrected chi connectivity index (χ2v) is 7.59. The van der Waals surface area contributed by atoms with Crippen molar-refractivity contribution in [2.75, 3.05) is 6.61 Å². The Morgan fingerprint density at radius 3 is 2.44 bits per heavy atom. The fourth-order valence-electron chi connectivity index (χ4n) is 3.64. The molecular formula is C22H25N3O2. The highest BCUT2D eigenvalue weighted by Crippen LogP contribution is 2.26. The zero-order valence-electron chi connectivity index (χ0n) is 16.5. The molecule has 2 aromatic heterocycles. The van der Waals surface area contributed by atoms with Crippen LogP contribution in [-0.4, -0.2) is 20.6 Å². The van der Waals surface area contributed by atoms with E-state index < -0.39 is 0 Å². The summed E-state index contributed by atoms with van der Waals surface area (Å²) in [7, 11) is 0. The Morgan fingerprint density at radius 2 is 1.78 bits per heavy atom. The van der Waals surface area contributed by atoms with E-state index in [-0.39, 0.29) is 5.56 Å². The van der Waals surface area contributed by atoms with E-state index in [0.29, 0.717) is 29.2 Å². The first-order chi connectivity index (χ1) is 12.9. The van der Waals surface area contributed by atoms with Crippen molar-refractivity contribution in [1.82, 2.24) is 14.0 Å². The molecule has 5 nitrogen and oxygen atoms in total. The van der Waals surface area contributed by atoms with Gasteiger partial charge < -0.3 is 9.30 Å². The molecule has 4 rings (SSSR count). The summed E-state index contributed by atoms with van der Waals surface area (Å²) in [5.41, 5.74) is 5.00. The molecule has 2 aromatic carbocycles. The highest BCUT2D eigenvalue weighted by molar-refractivity contribution is 5.87. The molecule has 4 aromatic rings. The van der Waals surface area contributed by atoms with Gasteiger partial charge in [0.1, 0.15) is 5.75 Å². The Hall–Kier alpha value is -2.82. The summed E-state index contributed by atoms with van der Waals surface area (Å²) in [5.74, 6) is 1.86. The summed E-state index contributed by atoms with van der Waals surface area (Å²) in [4.78, 5) is 18.2. The van der Waals surface area contributed by atoms with Gasteiger partial charge >= 0.3 is 0 Å². The first-order valence-corrected chi connectivity index (χ1v) is 9.49. The zero-order chi connectivity index (χ0) is 19.3. The first kappa shape index (κ1) is 17.6. The van der Waals surface area contributed by atoms with E-state index >= 15 is 0 Å². The van der Waals surface area contributed by atoms with Gasteiger partial charge in [0.05, 0.1) is 28.5 Å². The molecule has 0 fully saturated rings. The van der Waals surface area contributed by atoms with Gasteiger partial charge in [0, 0.05) is 12.6 Å². The van der Waals surface area contributed by atoms with E-state index in [0.717, 1.165) is 23.3 Å². The second kappa shape index (κ2) is 6.41. The Kier molecular flexibility index (Phi) is 4.17. The maximum absolute atomic E-state index is 13.3. The summed E-state index contributed by atoms with van der Waals surface area (Å²) in [6.45, 7) is 11.9. The summed E-state index contributed by atoms with van der Waals surface area (Å²) in [6.07, 6.45) is 0. The topological polar surface area (TPSA) is 48.5 Å². The number of rotatable bonds is 4. The average molecular weight is 363 g/mol. The Labute approximate surface area is 158 Å². The summed E-state index contributed by atoms with van der Waals surface area (Å²) < 4.78 is 9.52. The van der Waals surface area contributed by atoms with Gasteiger partial charge in [-0.2, -0.15) is 0 Å². The monoisotopic (exact) mass is 363 g/mol.